The average molecular weight is 183 g/mol. The minimum atomic E-state index is 0.336. The fourth-order valence-corrected chi connectivity index (χ4v) is 2.57. The third-order valence-corrected chi connectivity index (χ3v) is 3.91. The summed E-state index contributed by atoms with van der Waals surface area (Å²) in [6, 6.07) is 0. The molecule has 0 amide bonds. The van der Waals surface area contributed by atoms with E-state index in [-0.39, 0.29) is 0 Å². The quantitative estimate of drug-likeness (QED) is 0.716. The highest BCUT2D eigenvalue weighted by Crippen LogP contribution is 2.43. The van der Waals surface area contributed by atoms with Crippen LogP contribution in [0.25, 0.3) is 0 Å². The van der Waals surface area contributed by atoms with Crippen LogP contribution in [0.2, 0.25) is 0 Å². The average Bonchev–Trinajstić information content (AvgIpc) is 2.56. The first-order valence-corrected chi connectivity index (χ1v) is 5.68. The Morgan fingerprint density at radius 2 is 1.77 bits per heavy atom. The highest BCUT2D eigenvalue weighted by Gasteiger charge is 2.36. The van der Waals surface area contributed by atoms with Crippen molar-refractivity contribution in [2.24, 2.45) is 5.41 Å². The molecule has 2 heteroatoms. The van der Waals surface area contributed by atoms with Crippen molar-refractivity contribution >= 4 is 0 Å². The highest BCUT2D eigenvalue weighted by molar-refractivity contribution is 4.88. The van der Waals surface area contributed by atoms with Crippen LogP contribution in [0.1, 0.15) is 38.5 Å². The number of rotatable bonds is 4. The van der Waals surface area contributed by atoms with Gasteiger partial charge in [0.2, 0.25) is 0 Å². The molecule has 1 saturated heterocycles. The molecular weight excluding hydrogens is 162 g/mol. The summed E-state index contributed by atoms with van der Waals surface area (Å²) in [5.41, 5.74) is 0.336. The molecule has 1 heterocycles. The van der Waals surface area contributed by atoms with E-state index in [9.17, 15) is 5.11 Å². The molecule has 0 unspecified atom stereocenters. The van der Waals surface area contributed by atoms with Crippen LogP contribution in [0.3, 0.4) is 0 Å². The van der Waals surface area contributed by atoms with Gasteiger partial charge < -0.3 is 10.0 Å². The number of hydrogen-bond acceptors (Lipinski definition) is 2. The van der Waals surface area contributed by atoms with Gasteiger partial charge in [-0.2, -0.15) is 0 Å². The lowest BCUT2D eigenvalue weighted by Gasteiger charge is -2.41. The maximum absolute atomic E-state index is 9.29. The molecule has 0 aromatic rings. The van der Waals surface area contributed by atoms with Gasteiger partial charge in [-0.1, -0.05) is 6.42 Å². The third-order valence-electron chi connectivity index (χ3n) is 3.91. The first-order chi connectivity index (χ1) is 6.35. The molecule has 0 spiro atoms. The summed E-state index contributed by atoms with van der Waals surface area (Å²) in [6.45, 7) is 4.23. The first-order valence-electron chi connectivity index (χ1n) is 5.68. The molecule has 1 aliphatic carbocycles. The summed E-state index contributed by atoms with van der Waals surface area (Å²) in [5, 5.41) is 9.29. The molecule has 2 fully saturated rings. The Morgan fingerprint density at radius 3 is 2.23 bits per heavy atom. The topological polar surface area (TPSA) is 23.5 Å². The Hall–Kier alpha value is -0.0800. The van der Waals surface area contributed by atoms with Crippen molar-refractivity contribution in [3.05, 3.63) is 0 Å². The second-order valence-electron chi connectivity index (χ2n) is 4.81. The summed E-state index contributed by atoms with van der Waals surface area (Å²) < 4.78 is 0. The lowest BCUT2D eigenvalue weighted by Crippen LogP contribution is -2.37. The maximum Gasteiger partial charge on any atom is 0.0487 e. The predicted molar refractivity (Wildman–Crippen MR) is 53.7 cm³/mol. The molecule has 1 N–H and O–H groups in total. The van der Waals surface area contributed by atoms with Gasteiger partial charge in [0.05, 0.1) is 0 Å². The van der Waals surface area contributed by atoms with Crippen LogP contribution in [0.4, 0.5) is 0 Å². The Kier molecular flexibility index (Phi) is 2.89. The van der Waals surface area contributed by atoms with Crippen LogP contribution in [0.5, 0.6) is 0 Å². The van der Waals surface area contributed by atoms with Crippen LogP contribution < -0.4 is 0 Å². The van der Waals surface area contributed by atoms with Crippen molar-refractivity contribution in [3.63, 3.8) is 0 Å². The largest absolute Gasteiger partial charge is 0.396 e. The summed E-state index contributed by atoms with van der Waals surface area (Å²) >= 11 is 0. The van der Waals surface area contributed by atoms with Crippen molar-refractivity contribution in [1.29, 1.82) is 0 Å². The Bertz CT molecular complexity index is 154. The molecule has 0 aromatic carbocycles. The molecule has 0 radical (unpaired) electrons. The maximum atomic E-state index is 9.29. The smallest absolute Gasteiger partial charge is 0.0487 e. The normalized spacial score (nSPS) is 27.5. The Balaban J connectivity index is 1.71. The van der Waals surface area contributed by atoms with E-state index in [1.807, 2.05) is 0 Å². The van der Waals surface area contributed by atoms with E-state index in [2.05, 4.69) is 4.90 Å². The number of nitrogens with zero attached hydrogens (tertiary/aromatic N) is 1. The van der Waals surface area contributed by atoms with E-state index in [1.165, 1.54) is 58.2 Å². The monoisotopic (exact) mass is 183 g/mol. The number of hydrogen-bond donors (Lipinski definition) is 1. The van der Waals surface area contributed by atoms with Gasteiger partial charge in [-0.3, -0.25) is 0 Å². The first kappa shape index (κ1) is 9.47. The number of likely N-dealkylation sites (tertiary alicyclic amines) is 1. The highest BCUT2D eigenvalue weighted by atomic mass is 16.3. The summed E-state index contributed by atoms with van der Waals surface area (Å²) in [5.74, 6) is 0. The molecule has 2 aliphatic rings. The second kappa shape index (κ2) is 3.97. The van der Waals surface area contributed by atoms with E-state index in [4.69, 9.17) is 0 Å². The van der Waals surface area contributed by atoms with Crippen molar-refractivity contribution < 1.29 is 5.11 Å². The molecule has 0 aromatic heterocycles. The molecule has 1 saturated carbocycles. The van der Waals surface area contributed by atoms with Crippen LogP contribution in [0, 0.1) is 5.41 Å². The Labute approximate surface area is 80.9 Å². The molecule has 0 atom stereocenters. The van der Waals surface area contributed by atoms with E-state index >= 15 is 0 Å². The molecule has 0 bridgehead atoms. The van der Waals surface area contributed by atoms with Crippen molar-refractivity contribution in [3.8, 4) is 0 Å². The lowest BCUT2D eigenvalue weighted by molar-refractivity contribution is 0.0280. The molecule has 2 rings (SSSR count). The van der Waals surface area contributed by atoms with Gasteiger partial charge in [-0.15, -0.1) is 0 Å². The lowest BCUT2D eigenvalue weighted by atomic mass is 9.67. The molecule has 2 nitrogen and oxygen atoms in total. The molecule has 13 heavy (non-hydrogen) atoms. The van der Waals surface area contributed by atoms with Gasteiger partial charge in [-0.25, -0.2) is 0 Å². The molecule has 76 valence electrons. The minimum Gasteiger partial charge on any atom is -0.396 e. The van der Waals surface area contributed by atoms with E-state index in [1.54, 1.807) is 0 Å². The number of aliphatic hydroxyl groups excluding tert-OH is 1. The van der Waals surface area contributed by atoms with Gasteiger partial charge in [0.15, 0.2) is 0 Å². The zero-order valence-corrected chi connectivity index (χ0v) is 8.47. The van der Waals surface area contributed by atoms with E-state index < -0.39 is 0 Å². The van der Waals surface area contributed by atoms with Crippen LogP contribution in [-0.4, -0.2) is 36.2 Å². The van der Waals surface area contributed by atoms with E-state index in [0.717, 1.165) is 0 Å². The van der Waals surface area contributed by atoms with Crippen LogP contribution >= 0.6 is 0 Å². The fourth-order valence-electron chi connectivity index (χ4n) is 2.57. The predicted octanol–water partition coefficient (Wildman–Crippen LogP) is 1.63. The second-order valence-corrected chi connectivity index (χ2v) is 4.81. The molecule has 1 aliphatic heterocycles. The van der Waals surface area contributed by atoms with Crippen molar-refractivity contribution in [2.45, 2.75) is 38.5 Å². The standard InChI is InChI=1S/C11H21NO/c13-10-11(4-3-5-11)6-9-12-7-1-2-8-12/h13H,1-10H2. The Morgan fingerprint density at radius 1 is 1.08 bits per heavy atom. The van der Waals surface area contributed by atoms with Gasteiger partial charge in [0, 0.05) is 6.61 Å². The van der Waals surface area contributed by atoms with Crippen LogP contribution in [0.15, 0.2) is 0 Å². The summed E-state index contributed by atoms with van der Waals surface area (Å²) in [4.78, 5) is 2.55. The zero-order chi connectivity index (χ0) is 9.15. The van der Waals surface area contributed by atoms with Gasteiger partial charge in [0.25, 0.3) is 0 Å². The fraction of sp³-hybridized carbons (Fsp3) is 1.00. The SMILES string of the molecule is OCC1(CCN2CCCC2)CCC1. The molecular formula is C11H21NO. The van der Waals surface area contributed by atoms with Crippen molar-refractivity contribution in [2.75, 3.05) is 26.2 Å². The van der Waals surface area contributed by atoms with Gasteiger partial charge in [0.1, 0.15) is 0 Å². The zero-order valence-electron chi connectivity index (χ0n) is 8.47. The van der Waals surface area contributed by atoms with Gasteiger partial charge in [-0.05, 0) is 57.2 Å². The summed E-state index contributed by atoms with van der Waals surface area (Å²) in [7, 11) is 0. The van der Waals surface area contributed by atoms with Gasteiger partial charge >= 0.3 is 0 Å². The number of aliphatic hydroxyl groups is 1. The third kappa shape index (κ3) is 2.05. The van der Waals surface area contributed by atoms with Crippen LogP contribution in [-0.2, 0) is 0 Å². The van der Waals surface area contributed by atoms with Crippen molar-refractivity contribution in [1.82, 2.24) is 4.90 Å². The van der Waals surface area contributed by atoms with E-state index in [0.29, 0.717) is 12.0 Å². The minimum absolute atomic E-state index is 0.336. The summed E-state index contributed by atoms with van der Waals surface area (Å²) in [6.07, 6.45) is 7.84.